The van der Waals surface area contributed by atoms with Crippen molar-refractivity contribution in [2.24, 2.45) is 5.41 Å². The zero-order chi connectivity index (χ0) is 16.9. The van der Waals surface area contributed by atoms with E-state index in [4.69, 9.17) is 15.4 Å². The largest absolute Gasteiger partial charge is 0.445 e. The van der Waals surface area contributed by atoms with Crippen molar-refractivity contribution in [3.05, 3.63) is 35.9 Å². The van der Waals surface area contributed by atoms with Crippen LogP contribution in [0.1, 0.15) is 31.7 Å². The van der Waals surface area contributed by atoms with Gasteiger partial charge in [-0.2, -0.15) is 0 Å². The van der Waals surface area contributed by atoms with Gasteiger partial charge in [0.1, 0.15) is 6.61 Å². The average Bonchev–Trinajstić information content (AvgIpc) is 2.53. The third-order valence-corrected chi connectivity index (χ3v) is 5.80. The molecule has 0 N–H and O–H groups in total. The molecule has 1 saturated heterocycles. The van der Waals surface area contributed by atoms with Crippen LogP contribution >= 0.6 is 10.7 Å². The predicted molar refractivity (Wildman–Crippen MR) is 89.8 cm³/mol. The topological polar surface area (TPSA) is 63.7 Å². The number of ether oxygens (including phenoxy) is 1. The molecule has 1 aliphatic rings. The van der Waals surface area contributed by atoms with Crippen LogP contribution in [0.15, 0.2) is 30.3 Å². The van der Waals surface area contributed by atoms with E-state index in [2.05, 4.69) is 0 Å². The molecule has 0 unspecified atom stereocenters. The minimum Gasteiger partial charge on any atom is -0.445 e. The molecule has 0 bridgehead atoms. The monoisotopic (exact) mass is 359 g/mol. The first-order valence-electron chi connectivity index (χ1n) is 7.71. The standard InChI is InChI=1S/C16H22ClNO4S/c1-2-16(13-23(17,20)21)8-10-18(11-9-16)15(19)22-12-14-6-4-3-5-7-14/h3-7H,2,8-13H2,1H3. The summed E-state index contributed by atoms with van der Waals surface area (Å²) in [4.78, 5) is 13.8. The van der Waals surface area contributed by atoms with Gasteiger partial charge in [-0.15, -0.1) is 0 Å². The van der Waals surface area contributed by atoms with Gasteiger partial charge in [0.25, 0.3) is 0 Å². The number of nitrogens with zero attached hydrogens (tertiary/aromatic N) is 1. The second-order valence-electron chi connectivity index (χ2n) is 6.06. The van der Waals surface area contributed by atoms with Gasteiger partial charge in [-0.3, -0.25) is 0 Å². The first-order chi connectivity index (χ1) is 10.8. The van der Waals surface area contributed by atoms with Crippen LogP contribution in [0.25, 0.3) is 0 Å². The molecule has 0 atom stereocenters. The van der Waals surface area contributed by atoms with Crippen LogP contribution in [-0.4, -0.2) is 38.3 Å². The summed E-state index contributed by atoms with van der Waals surface area (Å²) < 4.78 is 28.1. The van der Waals surface area contributed by atoms with Crippen LogP contribution < -0.4 is 0 Å². The fourth-order valence-electron chi connectivity index (χ4n) is 2.94. The minimum absolute atomic E-state index is 0.0367. The second kappa shape index (κ2) is 7.53. The molecule has 0 saturated carbocycles. The number of halogens is 1. The quantitative estimate of drug-likeness (QED) is 0.756. The second-order valence-corrected chi connectivity index (χ2v) is 8.84. The van der Waals surface area contributed by atoms with Gasteiger partial charge in [-0.1, -0.05) is 37.3 Å². The number of carbonyl (C=O) groups is 1. The van der Waals surface area contributed by atoms with Crippen molar-refractivity contribution in [3.63, 3.8) is 0 Å². The van der Waals surface area contributed by atoms with Crippen LogP contribution in [0, 0.1) is 5.41 Å². The maximum Gasteiger partial charge on any atom is 0.410 e. The summed E-state index contributed by atoms with van der Waals surface area (Å²) in [5.41, 5.74) is 0.602. The van der Waals surface area contributed by atoms with Crippen molar-refractivity contribution < 1.29 is 17.9 Å². The van der Waals surface area contributed by atoms with Crippen LogP contribution in [0.3, 0.4) is 0 Å². The summed E-state index contributed by atoms with van der Waals surface area (Å²) in [6.07, 6.45) is 1.62. The van der Waals surface area contributed by atoms with Gasteiger partial charge >= 0.3 is 6.09 Å². The highest BCUT2D eigenvalue weighted by molar-refractivity contribution is 8.13. The highest BCUT2D eigenvalue weighted by Gasteiger charge is 2.38. The summed E-state index contributed by atoms with van der Waals surface area (Å²) in [7, 11) is 1.88. The third-order valence-electron chi connectivity index (χ3n) is 4.52. The number of piperidine rings is 1. The van der Waals surface area contributed by atoms with Gasteiger partial charge in [-0.25, -0.2) is 13.2 Å². The molecule has 1 aliphatic heterocycles. The molecule has 0 spiro atoms. The Balaban J connectivity index is 1.86. The fourth-order valence-corrected chi connectivity index (χ4v) is 4.86. The van der Waals surface area contributed by atoms with Gasteiger partial charge in [0, 0.05) is 23.8 Å². The van der Waals surface area contributed by atoms with Crippen molar-refractivity contribution >= 4 is 25.8 Å². The number of benzene rings is 1. The number of hydrogen-bond donors (Lipinski definition) is 0. The molecule has 0 aromatic heterocycles. The van der Waals surface area contributed by atoms with Crippen LogP contribution in [0.4, 0.5) is 4.79 Å². The van der Waals surface area contributed by atoms with E-state index in [0.29, 0.717) is 25.9 Å². The Morgan fingerprint density at radius 2 is 1.87 bits per heavy atom. The summed E-state index contributed by atoms with van der Waals surface area (Å²) in [5.74, 6) is -0.0367. The molecule has 2 rings (SSSR count). The molecule has 1 fully saturated rings. The van der Waals surface area contributed by atoms with Crippen LogP contribution in [0.2, 0.25) is 0 Å². The van der Waals surface area contributed by atoms with E-state index in [1.165, 1.54) is 0 Å². The van der Waals surface area contributed by atoms with E-state index in [1.807, 2.05) is 37.3 Å². The molecule has 5 nitrogen and oxygen atoms in total. The zero-order valence-corrected chi connectivity index (χ0v) is 14.8. The summed E-state index contributed by atoms with van der Waals surface area (Å²) in [6.45, 7) is 3.19. The Kier molecular flexibility index (Phi) is 5.92. The zero-order valence-electron chi connectivity index (χ0n) is 13.2. The van der Waals surface area contributed by atoms with Gasteiger partial charge in [0.15, 0.2) is 0 Å². The summed E-state index contributed by atoms with van der Waals surface area (Å²) >= 11 is 0. The lowest BCUT2D eigenvalue weighted by Crippen LogP contribution is -2.45. The summed E-state index contributed by atoms with van der Waals surface area (Å²) in [5, 5.41) is 0. The Morgan fingerprint density at radius 3 is 2.39 bits per heavy atom. The Morgan fingerprint density at radius 1 is 1.26 bits per heavy atom. The Labute approximate surface area is 142 Å². The first kappa shape index (κ1) is 18.1. The van der Waals surface area contributed by atoms with Crippen molar-refractivity contribution in [2.75, 3.05) is 18.8 Å². The number of carbonyl (C=O) groups excluding carboxylic acids is 1. The van der Waals surface area contributed by atoms with Gasteiger partial charge in [0.05, 0.1) is 5.75 Å². The molecule has 1 aromatic rings. The molecule has 1 heterocycles. The number of amides is 1. The Hall–Kier alpha value is -1.27. The van der Waals surface area contributed by atoms with Crippen molar-refractivity contribution in [1.29, 1.82) is 0 Å². The lowest BCUT2D eigenvalue weighted by atomic mass is 9.78. The van der Waals surface area contributed by atoms with Crippen LogP contribution in [-0.2, 0) is 20.4 Å². The lowest BCUT2D eigenvalue weighted by Gasteiger charge is -2.40. The molecule has 128 valence electrons. The van der Waals surface area contributed by atoms with Crippen molar-refractivity contribution in [2.45, 2.75) is 32.8 Å². The smallest absolute Gasteiger partial charge is 0.410 e. The summed E-state index contributed by atoms with van der Waals surface area (Å²) in [6, 6.07) is 9.50. The highest BCUT2D eigenvalue weighted by Crippen LogP contribution is 2.37. The van der Waals surface area contributed by atoms with Gasteiger partial charge in [0.2, 0.25) is 9.05 Å². The predicted octanol–water partition coefficient (Wildman–Crippen LogP) is 3.38. The molecular formula is C16H22ClNO4S. The molecule has 0 aliphatic carbocycles. The lowest BCUT2D eigenvalue weighted by molar-refractivity contribution is 0.0660. The van der Waals surface area contributed by atoms with Gasteiger partial charge in [-0.05, 0) is 30.2 Å². The van der Waals surface area contributed by atoms with E-state index in [9.17, 15) is 13.2 Å². The van der Waals surface area contributed by atoms with E-state index in [1.54, 1.807) is 4.90 Å². The number of likely N-dealkylation sites (tertiary alicyclic amines) is 1. The SMILES string of the molecule is CCC1(CS(=O)(=O)Cl)CCN(C(=O)OCc2ccccc2)CC1. The average molecular weight is 360 g/mol. The molecule has 0 radical (unpaired) electrons. The molecule has 7 heteroatoms. The number of hydrogen-bond acceptors (Lipinski definition) is 4. The normalized spacial score (nSPS) is 17.7. The molecule has 1 aromatic carbocycles. The van der Waals surface area contributed by atoms with E-state index >= 15 is 0 Å². The maximum absolute atomic E-state index is 12.1. The molecule has 23 heavy (non-hydrogen) atoms. The fraction of sp³-hybridized carbons (Fsp3) is 0.562. The molecule has 1 amide bonds. The number of rotatable bonds is 5. The van der Waals surface area contributed by atoms with Gasteiger partial charge < -0.3 is 9.64 Å². The molecular weight excluding hydrogens is 338 g/mol. The minimum atomic E-state index is -3.54. The maximum atomic E-state index is 12.1. The van der Waals surface area contributed by atoms with E-state index < -0.39 is 9.05 Å². The van der Waals surface area contributed by atoms with Crippen molar-refractivity contribution in [1.82, 2.24) is 4.90 Å². The van der Waals surface area contributed by atoms with Crippen molar-refractivity contribution in [3.8, 4) is 0 Å². The van der Waals surface area contributed by atoms with E-state index in [-0.39, 0.29) is 23.9 Å². The first-order valence-corrected chi connectivity index (χ1v) is 10.2. The highest BCUT2D eigenvalue weighted by atomic mass is 35.7. The Bertz CT molecular complexity index is 625. The van der Waals surface area contributed by atoms with Crippen LogP contribution in [0.5, 0.6) is 0 Å². The third kappa shape index (κ3) is 5.39. The van der Waals surface area contributed by atoms with E-state index in [0.717, 1.165) is 12.0 Å².